The molecule has 1 fully saturated rings. The first-order valence-electron chi connectivity index (χ1n) is 7.53. The van der Waals surface area contributed by atoms with Gasteiger partial charge in [-0.25, -0.2) is 0 Å². The number of rotatable bonds is 6. The summed E-state index contributed by atoms with van der Waals surface area (Å²) in [5.41, 5.74) is 1.14. The molecule has 2 rings (SSSR count). The molecule has 0 heterocycles. The summed E-state index contributed by atoms with van der Waals surface area (Å²) < 4.78 is 6.84. The van der Waals surface area contributed by atoms with Gasteiger partial charge in [-0.2, -0.15) is 0 Å². The lowest BCUT2D eigenvalue weighted by Crippen LogP contribution is -2.41. The minimum absolute atomic E-state index is 0.210. The fourth-order valence-electron chi connectivity index (χ4n) is 2.63. The predicted molar refractivity (Wildman–Crippen MR) is 85.0 cm³/mol. The standard InChI is InChI=1S/C16H24BrNO2/c1-2-9-20-16-8-7-13(17)10-12(16)11-18-14-5-3-4-6-15(14)19/h7-8,10,14-15,18-19H,2-6,9,11H2,1H3. The maximum Gasteiger partial charge on any atom is 0.123 e. The summed E-state index contributed by atoms with van der Waals surface area (Å²) in [6.07, 6.45) is 5.10. The fraction of sp³-hybridized carbons (Fsp3) is 0.625. The minimum Gasteiger partial charge on any atom is -0.493 e. The number of ether oxygens (including phenoxy) is 1. The Labute approximate surface area is 129 Å². The molecule has 4 heteroatoms. The normalized spacial score (nSPS) is 22.8. The third kappa shape index (κ3) is 4.47. The van der Waals surface area contributed by atoms with Crippen LogP contribution in [-0.2, 0) is 6.54 Å². The summed E-state index contributed by atoms with van der Waals surface area (Å²) in [5.74, 6) is 0.938. The van der Waals surface area contributed by atoms with Gasteiger partial charge in [0.2, 0.25) is 0 Å². The van der Waals surface area contributed by atoms with Gasteiger partial charge in [-0.15, -0.1) is 0 Å². The van der Waals surface area contributed by atoms with Crippen LogP contribution in [0.1, 0.15) is 44.6 Å². The SMILES string of the molecule is CCCOc1ccc(Br)cc1CNC1CCCCC1O. The first kappa shape index (κ1) is 15.8. The zero-order valence-electron chi connectivity index (χ0n) is 12.1. The predicted octanol–water partition coefficient (Wildman–Crippen LogP) is 3.63. The van der Waals surface area contributed by atoms with Crippen molar-refractivity contribution < 1.29 is 9.84 Å². The Kier molecular flexibility index (Phi) is 6.33. The van der Waals surface area contributed by atoms with E-state index >= 15 is 0 Å². The van der Waals surface area contributed by atoms with Crippen molar-refractivity contribution in [3.05, 3.63) is 28.2 Å². The first-order chi connectivity index (χ1) is 9.70. The Morgan fingerprint density at radius 1 is 1.35 bits per heavy atom. The Bertz CT molecular complexity index is 425. The zero-order chi connectivity index (χ0) is 14.4. The van der Waals surface area contributed by atoms with Gasteiger partial charge < -0.3 is 15.2 Å². The Morgan fingerprint density at radius 2 is 2.15 bits per heavy atom. The van der Waals surface area contributed by atoms with E-state index < -0.39 is 0 Å². The van der Waals surface area contributed by atoms with Gasteiger partial charge in [-0.3, -0.25) is 0 Å². The van der Waals surface area contributed by atoms with Gasteiger partial charge >= 0.3 is 0 Å². The van der Waals surface area contributed by atoms with Gasteiger partial charge in [-0.05, 0) is 37.5 Å². The second-order valence-corrected chi connectivity index (χ2v) is 6.36. The molecule has 1 aliphatic rings. The van der Waals surface area contributed by atoms with Crippen LogP contribution in [0.2, 0.25) is 0 Å². The van der Waals surface area contributed by atoms with E-state index in [0.29, 0.717) is 0 Å². The summed E-state index contributed by atoms with van der Waals surface area (Å²) in [6.45, 7) is 3.58. The number of hydrogen-bond donors (Lipinski definition) is 2. The molecule has 1 aromatic carbocycles. The highest BCUT2D eigenvalue weighted by atomic mass is 79.9. The van der Waals surface area contributed by atoms with Crippen LogP contribution in [0.25, 0.3) is 0 Å². The molecule has 0 aromatic heterocycles. The average Bonchev–Trinajstić information content (AvgIpc) is 2.45. The third-order valence-electron chi connectivity index (χ3n) is 3.77. The van der Waals surface area contributed by atoms with E-state index in [9.17, 15) is 5.11 Å². The number of benzene rings is 1. The van der Waals surface area contributed by atoms with Crippen molar-refractivity contribution in [2.45, 2.75) is 57.7 Å². The first-order valence-corrected chi connectivity index (χ1v) is 8.32. The molecule has 0 aliphatic heterocycles. The third-order valence-corrected chi connectivity index (χ3v) is 4.26. The Balaban J connectivity index is 1.98. The maximum atomic E-state index is 10.0. The van der Waals surface area contributed by atoms with Crippen LogP contribution in [-0.4, -0.2) is 23.9 Å². The lowest BCUT2D eigenvalue weighted by atomic mass is 9.92. The Hall–Kier alpha value is -0.580. The lowest BCUT2D eigenvalue weighted by Gasteiger charge is -2.28. The number of halogens is 1. The monoisotopic (exact) mass is 341 g/mol. The van der Waals surface area contributed by atoms with Crippen molar-refractivity contribution in [2.24, 2.45) is 0 Å². The molecule has 0 saturated heterocycles. The molecule has 112 valence electrons. The van der Waals surface area contributed by atoms with Crippen LogP contribution in [0.3, 0.4) is 0 Å². The molecule has 2 N–H and O–H groups in total. The molecule has 3 nitrogen and oxygen atoms in total. The molecule has 2 unspecified atom stereocenters. The Morgan fingerprint density at radius 3 is 2.90 bits per heavy atom. The summed E-state index contributed by atoms with van der Waals surface area (Å²) in [6, 6.07) is 6.31. The molecular formula is C16H24BrNO2. The van der Waals surface area contributed by atoms with Crippen molar-refractivity contribution in [3.63, 3.8) is 0 Å². The van der Waals surface area contributed by atoms with Gasteiger partial charge in [-0.1, -0.05) is 35.7 Å². The highest BCUT2D eigenvalue weighted by Gasteiger charge is 2.22. The smallest absolute Gasteiger partial charge is 0.123 e. The summed E-state index contributed by atoms with van der Waals surface area (Å²) in [7, 11) is 0. The van der Waals surface area contributed by atoms with Crippen molar-refractivity contribution in [1.82, 2.24) is 5.32 Å². The number of hydrogen-bond acceptors (Lipinski definition) is 3. The molecule has 0 radical (unpaired) electrons. The molecule has 1 aliphatic carbocycles. The molecule has 1 saturated carbocycles. The molecule has 1 aromatic rings. The highest BCUT2D eigenvalue weighted by molar-refractivity contribution is 9.10. The summed E-state index contributed by atoms with van der Waals surface area (Å²) in [5, 5.41) is 13.5. The van der Waals surface area contributed by atoms with Crippen LogP contribution in [0.4, 0.5) is 0 Å². The van der Waals surface area contributed by atoms with Crippen LogP contribution in [0.15, 0.2) is 22.7 Å². The van der Waals surface area contributed by atoms with E-state index in [-0.39, 0.29) is 12.1 Å². The minimum atomic E-state index is -0.212. The molecule has 0 amide bonds. The fourth-order valence-corrected chi connectivity index (χ4v) is 3.04. The maximum absolute atomic E-state index is 10.0. The van der Waals surface area contributed by atoms with Gasteiger partial charge in [0.15, 0.2) is 0 Å². The van der Waals surface area contributed by atoms with E-state index in [2.05, 4.69) is 34.2 Å². The largest absolute Gasteiger partial charge is 0.493 e. The molecule has 0 spiro atoms. The van der Waals surface area contributed by atoms with Gasteiger partial charge in [0.25, 0.3) is 0 Å². The second kappa shape index (κ2) is 8.01. The molecule has 2 atom stereocenters. The van der Waals surface area contributed by atoms with Crippen molar-refractivity contribution >= 4 is 15.9 Å². The summed E-state index contributed by atoms with van der Waals surface area (Å²) in [4.78, 5) is 0. The topological polar surface area (TPSA) is 41.5 Å². The van der Waals surface area contributed by atoms with Gasteiger partial charge in [0, 0.05) is 22.6 Å². The van der Waals surface area contributed by atoms with Crippen molar-refractivity contribution in [1.29, 1.82) is 0 Å². The van der Waals surface area contributed by atoms with Gasteiger partial charge in [0.1, 0.15) is 5.75 Å². The molecular weight excluding hydrogens is 318 g/mol. The number of aliphatic hydroxyl groups is 1. The van der Waals surface area contributed by atoms with E-state index in [1.165, 1.54) is 6.42 Å². The van der Waals surface area contributed by atoms with E-state index in [0.717, 1.165) is 54.6 Å². The summed E-state index contributed by atoms with van der Waals surface area (Å²) >= 11 is 3.51. The molecule has 20 heavy (non-hydrogen) atoms. The number of aliphatic hydroxyl groups excluding tert-OH is 1. The number of nitrogens with one attached hydrogen (secondary N) is 1. The van der Waals surface area contributed by atoms with Crippen LogP contribution in [0.5, 0.6) is 5.75 Å². The van der Waals surface area contributed by atoms with Gasteiger partial charge in [0.05, 0.1) is 12.7 Å². The lowest BCUT2D eigenvalue weighted by molar-refractivity contribution is 0.0901. The highest BCUT2D eigenvalue weighted by Crippen LogP contribution is 2.25. The van der Waals surface area contributed by atoms with E-state index in [1.54, 1.807) is 0 Å². The average molecular weight is 342 g/mol. The molecule has 0 bridgehead atoms. The van der Waals surface area contributed by atoms with E-state index in [4.69, 9.17) is 4.74 Å². The van der Waals surface area contributed by atoms with Crippen LogP contribution in [0, 0.1) is 0 Å². The zero-order valence-corrected chi connectivity index (χ0v) is 13.7. The van der Waals surface area contributed by atoms with Crippen molar-refractivity contribution in [2.75, 3.05) is 6.61 Å². The quantitative estimate of drug-likeness (QED) is 0.830. The van der Waals surface area contributed by atoms with Crippen LogP contribution >= 0.6 is 15.9 Å². The second-order valence-electron chi connectivity index (χ2n) is 5.44. The van der Waals surface area contributed by atoms with E-state index in [1.807, 2.05) is 12.1 Å². The van der Waals surface area contributed by atoms with Crippen LogP contribution < -0.4 is 10.1 Å². The van der Waals surface area contributed by atoms with Crippen molar-refractivity contribution in [3.8, 4) is 5.75 Å².